The molecule has 29 heavy (non-hydrogen) atoms. The van der Waals surface area contributed by atoms with E-state index in [2.05, 4.69) is 15.5 Å². The van der Waals surface area contributed by atoms with Gasteiger partial charge in [-0.3, -0.25) is 9.48 Å². The van der Waals surface area contributed by atoms with Crippen molar-refractivity contribution in [1.82, 2.24) is 19.7 Å². The Bertz CT molecular complexity index is 1020. The second-order valence-electron chi connectivity index (χ2n) is 7.51. The van der Waals surface area contributed by atoms with Crippen molar-refractivity contribution in [3.63, 3.8) is 0 Å². The summed E-state index contributed by atoms with van der Waals surface area (Å²) in [7, 11) is 1.94. The van der Waals surface area contributed by atoms with Crippen molar-refractivity contribution >= 4 is 17.2 Å². The molecule has 0 spiro atoms. The lowest BCUT2D eigenvalue weighted by Gasteiger charge is -2.36. The van der Waals surface area contributed by atoms with Crippen LogP contribution in [0.1, 0.15) is 33.6 Å². The largest absolute Gasteiger partial charge is 0.377 e. The predicted molar refractivity (Wildman–Crippen MR) is 114 cm³/mol. The maximum absolute atomic E-state index is 13.2. The number of aromatic nitrogens is 3. The molecule has 0 N–H and O–H groups in total. The Balaban J connectivity index is 1.52. The number of morpholine rings is 1. The third-order valence-electron chi connectivity index (χ3n) is 5.57. The van der Waals surface area contributed by atoms with E-state index >= 15 is 0 Å². The number of benzene rings is 1. The Labute approximate surface area is 175 Å². The van der Waals surface area contributed by atoms with Gasteiger partial charge in [0.25, 0.3) is 0 Å². The number of amides is 1. The van der Waals surface area contributed by atoms with E-state index in [1.165, 1.54) is 0 Å². The first kappa shape index (κ1) is 19.8. The molecule has 2 aromatic heterocycles. The van der Waals surface area contributed by atoms with Crippen LogP contribution in [0.4, 0.5) is 0 Å². The number of hydrogen-bond donors (Lipinski definition) is 0. The summed E-state index contributed by atoms with van der Waals surface area (Å²) in [6, 6.07) is 8.06. The Morgan fingerprint density at radius 1 is 1.24 bits per heavy atom. The van der Waals surface area contributed by atoms with Gasteiger partial charge >= 0.3 is 0 Å². The van der Waals surface area contributed by atoms with Crippen molar-refractivity contribution in [3.05, 3.63) is 57.2 Å². The van der Waals surface area contributed by atoms with E-state index < -0.39 is 0 Å². The van der Waals surface area contributed by atoms with Crippen molar-refractivity contribution < 1.29 is 9.53 Å². The summed E-state index contributed by atoms with van der Waals surface area (Å²) < 4.78 is 7.59. The van der Waals surface area contributed by atoms with E-state index in [1.807, 2.05) is 61.7 Å². The molecule has 0 unspecified atom stereocenters. The van der Waals surface area contributed by atoms with Gasteiger partial charge in [-0.05, 0) is 26.3 Å². The topological polar surface area (TPSA) is 60.3 Å². The molecule has 1 aromatic carbocycles. The Morgan fingerprint density at radius 2 is 2.00 bits per heavy atom. The summed E-state index contributed by atoms with van der Waals surface area (Å²) in [6.45, 7) is 7.74. The van der Waals surface area contributed by atoms with Gasteiger partial charge in [-0.25, -0.2) is 4.98 Å². The lowest BCUT2D eigenvalue weighted by Crippen LogP contribution is -2.44. The molecule has 3 aromatic rings. The van der Waals surface area contributed by atoms with E-state index in [0.717, 1.165) is 38.8 Å². The van der Waals surface area contributed by atoms with Crippen LogP contribution in [-0.2, 0) is 23.0 Å². The number of nitrogens with zero attached hydrogens (tertiary/aromatic N) is 4. The normalized spacial score (nSPS) is 17.0. The molecule has 1 amide bonds. The van der Waals surface area contributed by atoms with Gasteiger partial charge in [-0.1, -0.05) is 24.3 Å². The molecular formula is C22H26N4O2S. The third kappa shape index (κ3) is 3.97. The molecule has 1 saturated heterocycles. The lowest BCUT2D eigenvalue weighted by atomic mass is 10.0. The molecular weight excluding hydrogens is 384 g/mol. The van der Waals surface area contributed by atoms with E-state index in [0.29, 0.717) is 26.2 Å². The molecule has 0 saturated carbocycles. The molecule has 0 radical (unpaired) electrons. The molecule has 6 nitrogen and oxygen atoms in total. The van der Waals surface area contributed by atoms with Gasteiger partial charge in [-0.2, -0.15) is 5.10 Å². The maximum Gasteiger partial charge on any atom is 0.227 e. The monoisotopic (exact) mass is 410 g/mol. The van der Waals surface area contributed by atoms with E-state index in [1.54, 1.807) is 11.3 Å². The molecule has 1 fully saturated rings. The molecule has 0 aliphatic carbocycles. The SMILES string of the molecule is Cc1nc(-c2ccc(CC(=O)N3CCOC[C@@H]3c3c(C)nn(C)c3C)cc2)cs1. The van der Waals surface area contributed by atoms with Crippen LogP contribution in [0.3, 0.4) is 0 Å². The highest BCUT2D eigenvalue weighted by Gasteiger charge is 2.32. The summed E-state index contributed by atoms with van der Waals surface area (Å²) in [5, 5.41) is 7.64. The van der Waals surface area contributed by atoms with Crippen LogP contribution < -0.4 is 0 Å². The number of rotatable bonds is 4. The number of carbonyl (C=O) groups excluding carboxylic acids is 1. The highest BCUT2D eigenvalue weighted by molar-refractivity contribution is 7.09. The van der Waals surface area contributed by atoms with Crippen LogP contribution in [0.5, 0.6) is 0 Å². The molecule has 1 aliphatic rings. The minimum atomic E-state index is -0.0813. The van der Waals surface area contributed by atoms with E-state index in [4.69, 9.17) is 4.74 Å². The van der Waals surface area contributed by atoms with E-state index in [-0.39, 0.29) is 11.9 Å². The average molecular weight is 411 g/mol. The van der Waals surface area contributed by atoms with Crippen LogP contribution in [0, 0.1) is 20.8 Å². The summed E-state index contributed by atoms with van der Waals surface area (Å²) in [4.78, 5) is 19.7. The van der Waals surface area contributed by atoms with Crippen molar-refractivity contribution in [2.45, 2.75) is 33.2 Å². The highest BCUT2D eigenvalue weighted by Crippen LogP contribution is 2.30. The fourth-order valence-electron chi connectivity index (χ4n) is 3.98. The van der Waals surface area contributed by atoms with Gasteiger partial charge in [0.2, 0.25) is 5.91 Å². The number of ether oxygens (including phenoxy) is 1. The molecule has 152 valence electrons. The summed E-state index contributed by atoms with van der Waals surface area (Å²) in [5.41, 5.74) is 6.22. The van der Waals surface area contributed by atoms with Gasteiger partial charge in [0, 0.05) is 35.8 Å². The minimum absolute atomic E-state index is 0.0813. The van der Waals surface area contributed by atoms with Crippen molar-refractivity contribution in [2.75, 3.05) is 19.8 Å². The Morgan fingerprint density at radius 3 is 2.62 bits per heavy atom. The van der Waals surface area contributed by atoms with Crippen LogP contribution in [0.15, 0.2) is 29.6 Å². The van der Waals surface area contributed by atoms with Gasteiger partial charge in [-0.15, -0.1) is 11.3 Å². The third-order valence-corrected chi connectivity index (χ3v) is 6.34. The van der Waals surface area contributed by atoms with Gasteiger partial charge in [0.15, 0.2) is 0 Å². The lowest BCUT2D eigenvalue weighted by molar-refractivity contribution is -0.139. The fraction of sp³-hybridized carbons (Fsp3) is 0.409. The summed E-state index contributed by atoms with van der Waals surface area (Å²) >= 11 is 1.64. The van der Waals surface area contributed by atoms with Crippen molar-refractivity contribution in [3.8, 4) is 11.3 Å². The number of hydrogen-bond acceptors (Lipinski definition) is 5. The number of aryl methyl sites for hydroxylation is 3. The summed E-state index contributed by atoms with van der Waals surface area (Å²) in [6.07, 6.45) is 0.380. The summed E-state index contributed by atoms with van der Waals surface area (Å²) in [5.74, 6) is 0.123. The second kappa shape index (κ2) is 8.08. The molecule has 0 bridgehead atoms. The number of thiazole rings is 1. The van der Waals surface area contributed by atoms with Crippen LogP contribution in [0.25, 0.3) is 11.3 Å². The van der Waals surface area contributed by atoms with Crippen LogP contribution >= 0.6 is 11.3 Å². The first-order chi connectivity index (χ1) is 13.9. The Kier molecular flexibility index (Phi) is 5.52. The fourth-order valence-corrected chi connectivity index (χ4v) is 4.60. The quantitative estimate of drug-likeness (QED) is 0.659. The van der Waals surface area contributed by atoms with E-state index in [9.17, 15) is 4.79 Å². The molecule has 4 rings (SSSR count). The van der Waals surface area contributed by atoms with Crippen molar-refractivity contribution in [2.24, 2.45) is 7.05 Å². The zero-order chi connectivity index (χ0) is 20.5. The second-order valence-corrected chi connectivity index (χ2v) is 8.57. The molecule has 1 atom stereocenters. The van der Waals surface area contributed by atoms with Crippen LogP contribution in [0.2, 0.25) is 0 Å². The zero-order valence-corrected chi connectivity index (χ0v) is 18.1. The highest BCUT2D eigenvalue weighted by atomic mass is 32.1. The molecule has 3 heterocycles. The number of carbonyl (C=O) groups is 1. The maximum atomic E-state index is 13.2. The standard InChI is InChI=1S/C22H26N4O2S/c1-14-22(15(2)25(4)24-14)20-12-28-10-9-26(20)21(27)11-17-5-7-18(8-6-17)19-13-29-16(3)23-19/h5-8,13,20H,9-12H2,1-4H3/t20-/m1/s1. The van der Waals surface area contributed by atoms with Gasteiger partial charge < -0.3 is 9.64 Å². The molecule has 7 heteroatoms. The first-order valence-corrected chi connectivity index (χ1v) is 10.7. The van der Waals surface area contributed by atoms with Crippen molar-refractivity contribution in [1.29, 1.82) is 0 Å². The minimum Gasteiger partial charge on any atom is -0.377 e. The zero-order valence-electron chi connectivity index (χ0n) is 17.3. The van der Waals surface area contributed by atoms with Gasteiger partial charge in [0.1, 0.15) is 0 Å². The van der Waals surface area contributed by atoms with Gasteiger partial charge in [0.05, 0.1) is 42.1 Å². The first-order valence-electron chi connectivity index (χ1n) is 9.83. The smallest absolute Gasteiger partial charge is 0.227 e. The van der Waals surface area contributed by atoms with Crippen LogP contribution in [-0.4, -0.2) is 45.3 Å². The average Bonchev–Trinajstić information content (AvgIpc) is 3.25. The molecule has 1 aliphatic heterocycles. The Hall–Kier alpha value is -2.51. The predicted octanol–water partition coefficient (Wildman–Crippen LogP) is 3.61.